The number of carbonyl (C=O) groups excluding carboxylic acids is 1. The Balaban J connectivity index is 1.43. The van der Waals surface area contributed by atoms with Crippen molar-refractivity contribution in [3.05, 3.63) is 72.0 Å². The van der Waals surface area contributed by atoms with Gasteiger partial charge in [-0.15, -0.1) is 0 Å². The predicted octanol–water partition coefficient (Wildman–Crippen LogP) is 4.56. The number of nitrogens with one attached hydrogen (secondary N) is 2. The van der Waals surface area contributed by atoms with Crippen LogP contribution in [-0.2, 0) is 6.42 Å². The van der Waals surface area contributed by atoms with Crippen LogP contribution in [0, 0.1) is 0 Å². The molecule has 29 heavy (non-hydrogen) atoms. The molecule has 0 saturated carbocycles. The van der Waals surface area contributed by atoms with E-state index in [1.54, 1.807) is 6.07 Å². The van der Waals surface area contributed by atoms with Gasteiger partial charge in [-0.05, 0) is 61.9 Å². The zero-order chi connectivity index (χ0) is 20.2. The third-order valence-corrected chi connectivity index (χ3v) is 5.58. The van der Waals surface area contributed by atoms with E-state index in [2.05, 4.69) is 40.7 Å². The number of aryl methyl sites for hydroxylation is 1. The van der Waals surface area contributed by atoms with E-state index in [1.807, 2.05) is 43.4 Å². The van der Waals surface area contributed by atoms with Gasteiger partial charge in [0.25, 0.3) is 5.91 Å². The molecule has 1 aliphatic rings. The van der Waals surface area contributed by atoms with Gasteiger partial charge in [-0.1, -0.05) is 31.2 Å². The molecule has 3 aromatic rings. The van der Waals surface area contributed by atoms with Gasteiger partial charge in [0.15, 0.2) is 5.76 Å². The van der Waals surface area contributed by atoms with Crippen molar-refractivity contribution in [1.82, 2.24) is 5.32 Å². The summed E-state index contributed by atoms with van der Waals surface area (Å²) in [6, 6.07) is 20.2. The second-order valence-corrected chi connectivity index (χ2v) is 7.40. The van der Waals surface area contributed by atoms with E-state index in [-0.39, 0.29) is 5.91 Å². The molecule has 2 N–H and O–H groups in total. The van der Waals surface area contributed by atoms with Crippen LogP contribution in [0.2, 0.25) is 0 Å². The molecule has 4 rings (SSSR count). The lowest BCUT2D eigenvalue weighted by molar-refractivity contribution is 0.0997. The second kappa shape index (κ2) is 8.53. The molecule has 5 heteroatoms. The van der Waals surface area contributed by atoms with Crippen molar-refractivity contribution in [2.24, 2.45) is 0 Å². The standard InChI is InChI=1S/C24H27N3O2/c1-3-17-6-4-5-7-21(17)22-12-13-23(29-22)24(28)26-18-8-10-20(11-9-18)27-15-14-19(16-27)25-2/h4-13,19,25H,3,14-16H2,1-2H3,(H,26,28). The summed E-state index contributed by atoms with van der Waals surface area (Å²) in [6.45, 7) is 4.17. The highest BCUT2D eigenvalue weighted by Crippen LogP contribution is 2.27. The van der Waals surface area contributed by atoms with Crippen LogP contribution in [0.3, 0.4) is 0 Å². The van der Waals surface area contributed by atoms with Crippen LogP contribution in [0.4, 0.5) is 11.4 Å². The normalized spacial score (nSPS) is 16.2. The Morgan fingerprint density at radius 2 is 1.90 bits per heavy atom. The van der Waals surface area contributed by atoms with Crippen LogP contribution < -0.4 is 15.5 Å². The van der Waals surface area contributed by atoms with Crippen LogP contribution in [0.1, 0.15) is 29.5 Å². The fourth-order valence-corrected chi connectivity index (χ4v) is 3.85. The quantitative estimate of drug-likeness (QED) is 0.649. The molecular formula is C24H27N3O2. The lowest BCUT2D eigenvalue weighted by Gasteiger charge is -2.19. The summed E-state index contributed by atoms with van der Waals surface area (Å²) >= 11 is 0. The molecule has 150 valence electrons. The van der Waals surface area contributed by atoms with E-state index in [9.17, 15) is 4.79 Å². The number of rotatable bonds is 6. The van der Waals surface area contributed by atoms with E-state index in [0.29, 0.717) is 11.8 Å². The molecule has 2 heterocycles. The number of benzene rings is 2. The molecule has 0 aliphatic carbocycles. The summed E-state index contributed by atoms with van der Waals surface area (Å²) in [7, 11) is 2.01. The smallest absolute Gasteiger partial charge is 0.291 e. The van der Waals surface area contributed by atoms with Gasteiger partial charge in [0.05, 0.1) is 0 Å². The minimum Gasteiger partial charge on any atom is -0.451 e. The first-order chi connectivity index (χ1) is 14.2. The summed E-state index contributed by atoms with van der Waals surface area (Å²) in [5, 5.41) is 6.26. The van der Waals surface area contributed by atoms with Crippen molar-refractivity contribution in [3.8, 4) is 11.3 Å². The monoisotopic (exact) mass is 389 g/mol. The van der Waals surface area contributed by atoms with Crippen molar-refractivity contribution in [2.45, 2.75) is 25.8 Å². The molecule has 1 amide bonds. The first-order valence-corrected chi connectivity index (χ1v) is 10.2. The summed E-state index contributed by atoms with van der Waals surface area (Å²) in [5.74, 6) is 0.789. The lowest BCUT2D eigenvalue weighted by atomic mass is 10.0. The first kappa shape index (κ1) is 19.3. The predicted molar refractivity (Wildman–Crippen MR) is 118 cm³/mol. The zero-order valence-corrected chi connectivity index (χ0v) is 16.9. The maximum absolute atomic E-state index is 12.6. The van der Waals surface area contributed by atoms with Gasteiger partial charge in [-0.2, -0.15) is 0 Å². The molecule has 1 fully saturated rings. The zero-order valence-electron chi connectivity index (χ0n) is 16.9. The first-order valence-electron chi connectivity index (χ1n) is 10.2. The van der Waals surface area contributed by atoms with E-state index in [4.69, 9.17) is 4.42 Å². The summed E-state index contributed by atoms with van der Waals surface area (Å²) in [5.41, 5.74) is 4.17. The highest BCUT2D eigenvalue weighted by molar-refractivity contribution is 6.02. The molecule has 1 aliphatic heterocycles. The van der Waals surface area contributed by atoms with Crippen molar-refractivity contribution in [2.75, 3.05) is 30.4 Å². The van der Waals surface area contributed by atoms with E-state index in [1.165, 1.54) is 11.3 Å². The largest absolute Gasteiger partial charge is 0.451 e. The molecule has 1 aromatic heterocycles. The summed E-state index contributed by atoms with van der Waals surface area (Å²) in [4.78, 5) is 15.0. The molecule has 0 spiro atoms. The van der Waals surface area contributed by atoms with Gasteiger partial charge >= 0.3 is 0 Å². The Kier molecular flexibility index (Phi) is 5.67. The molecular weight excluding hydrogens is 362 g/mol. The fourth-order valence-electron chi connectivity index (χ4n) is 3.85. The third kappa shape index (κ3) is 4.20. The Hall–Kier alpha value is -3.05. The Morgan fingerprint density at radius 1 is 1.10 bits per heavy atom. The minimum absolute atomic E-state index is 0.241. The second-order valence-electron chi connectivity index (χ2n) is 7.40. The van der Waals surface area contributed by atoms with Crippen molar-refractivity contribution in [1.29, 1.82) is 0 Å². The average Bonchev–Trinajstić information content (AvgIpc) is 3.44. The van der Waals surface area contributed by atoms with Crippen LogP contribution in [0.15, 0.2) is 65.1 Å². The lowest BCUT2D eigenvalue weighted by Crippen LogP contribution is -2.29. The topological polar surface area (TPSA) is 57.5 Å². The highest BCUT2D eigenvalue weighted by atomic mass is 16.3. The highest BCUT2D eigenvalue weighted by Gasteiger charge is 2.21. The van der Waals surface area contributed by atoms with Gasteiger partial charge in [-0.3, -0.25) is 4.79 Å². The molecule has 5 nitrogen and oxygen atoms in total. The number of hydrogen-bond acceptors (Lipinski definition) is 4. The maximum atomic E-state index is 12.6. The number of amides is 1. The van der Waals surface area contributed by atoms with Crippen LogP contribution >= 0.6 is 0 Å². The van der Waals surface area contributed by atoms with E-state index in [0.717, 1.165) is 42.9 Å². The molecule has 0 radical (unpaired) electrons. The number of anilines is 2. The molecule has 1 atom stereocenters. The van der Waals surface area contributed by atoms with Crippen molar-refractivity contribution >= 4 is 17.3 Å². The third-order valence-electron chi connectivity index (χ3n) is 5.58. The van der Waals surface area contributed by atoms with Crippen molar-refractivity contribution in [3.63, 3.8) is 0 Å². The SMILES string of the molecule is CCc1ccccc1-c1ccc(C(=O)Nc2ccc(N3CCC(NC)C3)cc2)o1. The number of likely N-dealkylation sites (N-methyl/N-ethyl adjacent to an activating group) is 1. The van der Waals surface area contributed by atoms with Crippen LogP contribution in [-0.4, -0.2) is 32.1 Å². The molecule has 1 unspecified atom stereocenters. The number of nitrogens with zero attached hydrogens (tertiary/aromatic N) is 1. The number of hydrogen-bond donors (Lipinski definition) is 2. The van der Waals surface area contributed by atoms with Crippen molar-refractivity contribution < 1.29 is 9.21 Å². The van der Waals surface area contributed by atoms with Gasteiger partial charge in [-0.25, -0.2) is 0 Å². The van der Waals surface area contributed by atoms with Crippen LogP contribution in [0.25, 0.3) is 11.3 Å². The molecule has 2 aromatic carbocycles. The van der Waals surface area contributed by atoms with Gasteiger partial charge in [0.2, 0.25) is 0 Å². The van der Waals surface area contributed by atoms with Gasteiger partial charge in [0, 0.05) is 36.1 Å². The Labute approximate surface area is 171 Å². The van der Waals surface area contributed by atoms with E-state index >= 15 is 0 Å². The number of carbonyl (C=O) groups is 1. The van der Waals surface area contributed by atoms with Crippen LogP contribution in [0.5, 0.6) is 0 Å². The van der Waals surface area contributed by atoms with E-state index < -0.39 is 0 Å². The Bertz CT molecular complexity index is 978. The fraction of sp³-hybridized carbons (Fsp3) is 0.292. The van der Waals surface area contributed by atoms with Gasteiger partial charge < -0.3 is 20.0 Å². The molecule has 1 saturated heterocycles. The summed E-state index contributed by atoms with van der Waals surface area (Å²) < 4.78 is 5.85. The molecule has 0 bridgehead atoms. The minimum atomic E-state index is -0.241. The Morgan fingerprint density at radius 3 is 2.62 bits per heavy atom. The van der Waals surface area contributed by atoms with Gasteiger partial charge in [0.1, 0.15) is 5.76 Å². The average molecular weight is 389 g/mol. The number of furan rings is 1. The summed E-state index contributed by atoms with van der Waals surface area (Å²) in [6.07, 6.45) is 2.06. The maximum Gasteiger partial charge on any atom is 0.291 e.